The maximum atomic E-state index is 9.63. The van der Waals surface area contributed by atoms with E-state index in [9.17, 15) is 4.57 Å². The summed E-state index contributed by atoms with van der Waals surface area (Å²) < 4.78 is 9.63. The van der Waals surface area contributed by atoms with Crippen LogP contribution in [0.3, 0.4) is 0 Å². The molecule has 0 spiro atoms. The molecular weight excluding hydrogens is 172 g/mol. The van der Waals surface area contributed by atoms with Gasteiger partial charge in [-0.25, -0.2) is 0 Å². The van der Waals surface area contributed by atoms with Crippen LogP contribution in [0, 0.1) is 7.43 Å². The van der Waals surface area contributed by atoms with Crippen LogP contribution in [0.5, 0.6) is 0 Å². The fourth-order valence-electron chi connectivity index (χ4n) is 0. The van der Waals surface area contributed by atoms with Crippen molar-refractivity contribution < 1.29 is 37.3 Å². The van der Waals surface area contributed by atoms with Crippen LogP contribution in [0.25, 0.3) is 0 Å². The van der Waals surface area contributed by atoms with Crippen molar-refractivity contribution in [3.8, 4) is 0 Å². The summed E-state index contributed by atoms with van der Waals surface area (Å²) in [5.74, 6) is 0. The monoisotopic (exact) mass is 182 g/mol. The van der Waals surface area contributed by atoms with Gasteiger partial charge in [-0.05, 0) is 13.3 Å². The predicted octanol–water partition coefficient (Wildman–Crippen LogP) is 1.25. The minimum atomic E-state index is -1.13. The third-order valence-corrected chi connectivity index (χ3v) is 0. The van der Waals surface area contributed by atoms with E-state index in [2.05, 4.69) is 0 Å². The standard InChI is InChI=1S/C2H7OP.CH3.Y/c1-4(2)3;;/h4H,1-2H3;1H3;/q;-1;. The molecule has 0 aliphatic rings. The van der Waals surface area contributed by atoms with Crippen LogP contribution in [0.4, 0.5) is 0 Å². The molecule has 0 rings (SSSR count). The van der Waals surface area contributed by atoms with E-state index in [0.717, 1.165) is 0 Å². The Kier molecular flexibility index (Phi) is 25.0. The smallest absolute Gasteiger partial charge is 0.0703 e. The first-order valence-corrected chi connectivity index (χ1v) is 3.61. The van der Waals surface area contributed by atoms with Gasteiger partial charge in [-0.2, -0.15) is 0 Å². The van der Waals surface area contributed by atoms with Crippen molar-refractivity contribution in [2.75, 3.05) is 13.3 Å². The van der Waals surface area contributed by atoms with E-state index < -0.39 is 7.80 Å². The van der Waals surface area contributed by atoms with Crippen LogP contribution >= 0.6 is 7.80 Å². The fraction of sp³-hybridized carbons (Fsp3) is 0.667. The van der Waals surface area contributed by atoms with Gasteiger partial charge in [0.1, 0.15) is 0 Å². The van der Waals surface area contributed by atoms with Gasteiger partial charge in [0, 0.05) is 32.7 Å². The molecule has 0 aliphatic heterocycles. The summed E-state index contributed by atoms with van der Waals surface area (Å²) in [4.78, 5) is 0. The van der Waals surface area contributed by atoms with Gasteiger partial charge in [0.05, 0.1) is 7.80 Å². The van der Waals surface area contributed by atoms with Gasteiger partial charge in [0.2, 0.25) is 0 Å². The summed E-state index contributed by atoms with van der Waals surface area (Å²) in [5.41, 5.74) is 0. The zero-order valence-electron chi connectivity index (χ0n) is 4.49. The Balaban J connectivity index is -0.0000000450. The molecule has 3 heteroatoms. The van der Waals surface area contributed by atoms with Crippen LogP contribution < -0.4 is 0 Å². The summed E-state index contributed by atoms with van der Waals surface area (Å²) in [6, 6.07) is 0. The number of rotatable bonds is 0. The molecule has 0 aromatic carbocycles. The molecule has 1 nitrogen and oxygen atoms in total. The molecule has 0 aliphatic carbocycles. The SMILES string of the molecule is C[PH](C)=O.[CH3-].[Y]. The predicted molar refractivity (Wildman–Crippen MR) is 27.3 cm³/mol. The van der Waals surface area contributed by atoms with E-state index in [0.29, 0.717) is 0 Å². The van der Waals surface area contributed by atoms with E-state index in [1.54, 1.807) is 13.3 Å². The molecule has 0 saturated carbocycles. The number of hydrogen-bond acceptors (Lipinski definition) is 1. The summed E-state index contributed by atoms with van der Waals surface area (Å²) in [6.07, 6.45) is 0. The van der Waals surface area contributed by atoms with Crippen LogP contribution in [-0.2, 0) is 37.3 Å². The second-order valence-electron chi connectivity index (χ2n) is 0.908. The fourth-order valence-corrected chi connectivity index (χ4v) is 0. The summed E-state index contributed by atoms with van der Waals surface area (Å²) in [6.45, 7) is 3.43. The zero-order valence-corrected chi connectivity index (χ0v) is 8.32. The van der Waals surface area contributed by atoms with Crippen LogP contribution in [0.2, 0.25) is 0 Å². The third-order valence-electron chi connectivity index (χ3n) is 0. The molecule has 37 valence electrons. The van der Waals surface area contributed by atoms with Crippen LogP contribution in [0.1, 0.15) is 0 Å². The molecule has 0 fully saturated rings. The second kappa shape index (κ2) is 9.59. The third kappa shape index (κ3) is 56.3. The molecule has 1 radical (unpaired) electrons. The van der Waals surface area contributed by atoms with Gasteiger partial charge in [0.15, 0.2) is 0 Å². The quantitative estimate of drug-likeness (QED) is 0.407. The molecule has 0 bridgehead atoms. The van der Waals surface area contributed by atoms with Crippen molar-refractivity contribution in [2.24, 2.45) is 0 Å². The van der Waals surface area contributed by atoms with Gasteiger partial charge in [-0.3, -0.25) is 0 Å². The van der Waals surface area contributed by atoms with Crippen molar-refractivity contribution in [2.45, 2.75) is 0 Å². The molecule has 0 amide bonds. The molecule has 0 aromatic heterocycles. The minimum Gasteiger partial charge on any atom is -0.358 e. The van der Waals surface area contributed by atoms with Crippen molar-refractivity contribution in [3.63, 3.8) is 0 Å². The Morgan fingerprint density at radius 2 is 1.33 bits per heavy atom. The molecular formula is C3H10OPY-. The maximum absolute atomic E-state index is 9.63. The molecule has 0 unspecified atom stereocenters. The molecule has 0 saturated heterocycles. The van der Waals surface area contributed by atoms with Crippen LogP contribution in [-0.4, -0.2) is 13.3 Å². The summed E-state index contributed by atoms with van der Waals surface area (Å²) >= 11 is 0. The molecule has 0 N–H and O–H groups in total. The van der Waals surface area contributed by atoms with Gasteiger partial charge >= 0.3 is 0 Å². The van der Waals surface area contributed by atoms with Crippen molar-refractivity contribution >= 4 is 7.80 Å². The molecule has 0 aromatic rings. The van der Waals surface area contributed by atoms with Crippen molar-refractivity contribution in [3.05, 3.63) is 7.43 Å². The van der Waals surface area contributed by atoms with E-state index >= 15 is 0 Å². The Morgan fingerprint density at radius 1 is 1.33 bits per heavy atom. The number of hydrogen-bond donors (Lipinski definition) is 0. The molecule has 0 atom stereocenters. The summed E-state index contributed by atoms with van der Waals surface area (Å²) in [7, 11) is -1.13. The Labute approximate surface area is 65.6 Å². The largest absolute Gasteiger partial charge is 0.358 e. The van der Waals surface area contributed by atoms with Gasteiger partial charge in [-0.1, -0.05) is 0 Å². The van der Waals surface area contributed by atoms with Crippen molar-refractivity contribution in [1.29, 1.82) is 0 Å². The van der Waals surface area contributed by atoms with E-state index in [1.165, 1.54) is 0 Å². The second-order valence-corrected chi connectivity index (χ2v) is 2.72. The van der Waals surface area contributed by atoms with Gasteiger partial charge in [-0.15, -0.1) is 0 Å². The minimum absolute atomic E-state index is 0. The van der Waals surface area contributed by atoms with E-state index in [4.69, 9.17) is 0 Å². The Hall–Kier alpha value is 1.33. The van der Waals surface area contributed by atoms with Gasteiger partial charge < -0.3 is 12.0 Å². The molecule has 0 heterocycles. The summed E-state index contributed by atoms with van der Waals surface area (Å²) in [5, 5.41) is 0. The Bertz CT molecular complexity index is 33.8. The average Bonchev–Trinajstić information content (AvgIpc) is 0.811. The Morgan fingerprint density at radius 3 is 1.33 bits per heavy atom. The first-order valence-electron chi connectivity index (χ1n) is 1.20. The molecule has 6 heavy (non-hydrogen) atoms. The zero-order chi connectivity index (χ0) is 3.58. The van der Waals surface area contributed by atoms with Gasteiger partial charge in [0.25, 0.3) is 0 Å². The maximum Gasteiger partial charge on any atom is 0.0703 e. The first kappa shape index (κ1) is 15.7. The van der Waals surface area contributed by atoms with Crippen LogP contribution in [0.15, 0.2) is 0 Å². The van der Waals surface area contributed by atoms with E-state index in [-0.39, 0.29) is 40.1 Å². The van der Waals surface area contributed by atoms with E-state index in [1.807, 2.05) is 0 Å². The topological polar surface area (TPSA) is 17.1 Å². The normalized spacial score (nSPS) is 5.83. The van der Waals surface area contributed by atoms with Crippen molar-refractivity contribution in [1.82, 2.24) is 0 Å². The average molecular weight is 182 g/mol. The first-order chi connectivity index (χ1) is 1.73.